The van der Waals surface area contributed by atoms with Crippen LogP contribution in [0.25, 0.3) is 0 Å². The Hall–Kier alpha value is -0.590. The SMILES string of the molecule is CCc1nc(C)sc1CNC(=O)[C@@H](O)CCSC. The standard InChI is InChI=1S/C12H20N2O2S2/c1-4-9-11(18-8(2)14-9)7-13-12(16)10(15)5-6-17-3/h10,15H,4-7H2,1-3H3,(H,13,16)/t10-/m0/s1. The van der Waals surface area contributed by atoms with Crippen LogP contribution in [-0.4, -0.2) is 34.1 Å². The van der Waals surface area contributed by atoms with Crippen LogP contribution in [0.4, 0.5) is 0 Å². The van der Waals surface area contributed by atoms with Crippen LogP contribution < -0.4 is 5.32 Å². The smallest absolute Gasteiger partial charge is 0.249 e. The predicted molar refractivity (Wildman–Crippen MR) is 77.1 cm³/mol. The minimum absolute atomic E-state index is 0.294. The zero-order chi connectivity index (χ0) is 13.5. The molecule has 2 N–H and O–H groups in total. The second-order valence-electron chi connectivity index (χ2n) is 3.97. The molecule has 0 aliphatic carbocycles. The number of carbonyl (C=O) groups is 1. The number of thioether (sulfide) groups is 1. The van der Waals surface area contributed by atoms with Gasteiger partial charge in [-0.2, -0.15) is 11.8 Å². The van der Waals surface area contributed by atoms with Gasteiger partial charge in [0.2, 0.25) is 5.91 Å². The van der Waals surface area contributed by atoms with Crippen molar-refractivity contribution in [1.29, 1.82) is 0 Å². The van der Waals surface area contributed by atoms with Gasteiger partial charge >= 0.3 is 0 Å². The molecule has 1 atom stereocenters. The fourth-order valence-corrected chi connectivity index (χ4v) is 3.00. The zero-order valence-corrected chi connectivity index (χ0v) is 12.7. The molecule has 0 aliphatic heterocycles. The third kappa shape index (κ3) is 4.59. The molecule has 6 heteroatoms. The molecule has 0 saturated carbocycles. The molecule has 18 heavy (non-hydrogen) atoms. The second-order valence-corrected chi connectivity index (χ2v) is 6.24. The van der Waals surface area contributed by atoms with E-state index in [2.05, 4.69) is 10.3 Å². The first-order valence-electron chi connectivity index (χ1n) is 5.98. The molecule has 0 aromatic carbocycles. The summed E-state index contributed by atoms with van der Waals surface area (Å²) in [6, 6.07) is 0. The van der Waals surface area contributed by atoms with Gasteiger partial charge in [0, 0.05) is 4.88 Å². The van der Waals surface area contributed by atoms with Gasteiger partial charge < -0.3 is 10.4 Å². The summed E-state index contributed by atoms with van der Waals surface area (Å²) in [6.07, 6.45) is 2.41. The van der Waals surface area contributed by atoms with Gasteiger partial charge in [-0.25, -0.2) is 4.98 Å². The second kappa shape index (κ2) is 7.76. The van der Waals surface area contributed by atoms with E-state index in [9.17, 15) is 9.90 Å². The van der Waals surface area contributed by atoms with Gasteiger partial charge in [-0.15, -0.1) is 11.3 Å². The summed E-state index contributed by atoms with van der Waals surface area (Å²) in [4.78, 5) is 17.1. The van der Waals surface area contributed by atoms with Crippen LogP contribution in [0.15, 0.2) is 0 Å². The molecule has 0 spiro atoms. The zero-order valence-electron chi connectivity index (χ0n) is 11.0. The molecule has 1 heterocycles. The van der Waals surface area contributed by atoms with E-state index in [4.69, 9.17) is 0 Å². The first-order valence-corrected chi connectivity index (χ1v) is 8.19. The van der Waals surface area contributed by atoms with Gasteiger partial charge in [-0.1, -0.05) is 6.92 Å². The van der Waals surface area contributed by atoms with Gasteiger partial charge in [0.15, 0.2) is 0 Å². The number of thiazole rings is 1. The van der Waals surface area contributed by atoms with Crippen LogP contribution in [0.2, 0.25) is 0 Å². The lowest BCUT2D eigenvalue weighted by Crippen LogP contribution is -2.34. The fraction of sp³-hybridized carbons (Fsp3) is 0.667. The molecule has 102 valence electrons. The Bertz CT molecular complexity index is 393. The van der Waals surface area contributed by atoms with Gasteiger partial charge in [0.25, 0.3) is 0 Å². The van der Waals surface area contributed by atoms with Crippen molar-refractivity contribution in [2.45, 2.75) is 39.3 Å². The number of aryl methyl sites for hydroxylation is 2. The number of rotatable bonds is 7. The van der Waals surface area contributed by atoms with E-state index in [0.29, 0.717) is 13.0 Å². The van der Waals surface area contributed by atoms with Crippen molar-refractivity contribution in [3.63, 3.8) is 0 Å². The number of hydrogen-bond donors (Lipinski definition) is 2. The van der Waals surface area contributed by atoms with Gasteiger partial charge in [0.05, 0.1) is 17.2 Å². The van der Waals surface area contributed by atoms with Crippen molar-refractivity contribution in [2.75, 3.05) is 12.0 Å². The lowest BCUT2D eigenvalue weighted by molar-refractivity contribution is -0.129. The van der Waals surface area contributed by atoms with Crippen molar-refractivity contribution in [3.05, 3.63) is 15.6 Å². The van der Waals surface area contributed by atoms with Crippen LogP contribution >= 0.6 is 23.1 Å². The Morgan fingerprint density at radius 2 is 2.33 bits per heavy atom. The third-order valence-electron chi connectivity index (χ3n) is 2.54. The number of amides is 1. The molecule has 0 unspecified atom stereocenters. The molecule has 0 aliphatic rings. The molecule has 1 aromatic heterocycles. The average molecular weight is 288 g/mol. The number of carbonyl (C=O) groups excluding carboxylic acids is 1. The van der Waals surface area contributed by atoms with Crippen LogP contribution in [0, 0.1) is 6.92 Å². The first-order chi connectivity index (χ1) is 8.58. The fourth-order valence-electron chi connectivity index (χ4n) is 1.57. The van der Waals surface area contributed by atoms with Crippen molar-refractivity contribution in [2.24, 2.45) is 0 Å². The number of nitrogens with one attached hydrogen (secondary N) is 1. The van der Waals surface area contributed by atoms with Crippen molar-refractivity contribution < 1.29 is 9.90 Å². The maximum atomic E-state index is 11.6. The number of nitrogens with zero attached hydrogens (tertiary/aromatic N) is 1. The Morgan fingerprint density at radius 1 is 1.61 bits per heavy atom. The predicted octanol–water partition coefficient (Wildman–Crippen LogP) is 1.74. The lowest BCUT2D eigenvalue weighted by Gasteiger charge is -2.10. The molecule has 0 bridgehead atoms. The van der Waals surface area contributed by atoms with E-state index in [-0.39, 0.29) is 5.91 Å². The highest BCUT2D eigenvalue weighted by atomic mass is 32.2. The number of hydrogen-bond acceptors (Lipinski definition) is 5. The Balaban J connectivity index is 2.46. The average Bonchev–Trinajstić information content (AvgIpc) is 2.73. The summed E-state index contributed by atoms with van der Waals surface area (Å²) >= 11 is 3.22. The van der Waals surface area contributed by atoms with Crippen LogP contribution in [0.3, 0.4) is 0 Å². The van der Waals surface area contributed by atoms with Crippen molar-refractivity contribution in [1.82, 2.24) is 10.3 Å². The molecule has 1 amide bonds. The topological polar surface area (TPSA) is 62.2 Å². The molecule has 4 nitrogen and oxygen atoms in total. The van der Waals surface area contributed by atoms with E-state index in [1.165, 1.54) is 0 Å². The maximum Gasteiger partial charge on any atom is 0.249 e. The quantitative estimate of drug-likeness (QED) is 0.802. The third-order valence-corrected chi connectivity index (χ3v) is 4.20. The molecule has 1 rings (SSSR count). The minimum Gasteiger partial charge on any atom is -0.383 e. The first kappa shape index (κ1) is 15.5. The van der Waals surface area contributed by atoms with E-state index < -0.39 is 6.10 Å². The monoisotopic (exact) mass is 288 g/mol. The van der Waals surface area contributed by atoms with E-state index in [1.54, 1.807) is 23.1 Å². The highest BCUT2D eigenvalue weighted by Gasteiger charge is 2.15. The molecule has 0 saturated heterocycles. The summed E-state index contributed by atoms with van der Waals surface area (Å²) in [5.41, 5.74) is 1.04. The molecule has 0 radical (unpaired) electrons. The summed E-state index contributed by atoms with van der Waals surface area (Å²) < 4.78 is 0. The Morgan fingerprint density at radius 3 is 2.94 bits per heavy atom. The van der Waals surface area contributed by atoms with Gasteiger partial charge in [-0.05, 0) is 31.8 Å². The molecule has 1 aromatic rings. The summed E-state index contributed by atoms with van der Waals surface area (Å²) in [7, 11) is 0. The largest absolute Gasteiger partial charge is 0.383 e. The highest BCUT2D eigenvalue weighted by molar-refractivity contribution is 7.98. The molecular formula is C12H20N2O2S2. The number of aliphatic hydroxyl groups is 1. The molecule has 0 fully saturated rings. The van der Waals surface area contributed by atoms with Crippen molar-refractivity contribution in [3.8, 4) is 0 Å². The van der Waals surface area contributed by atoms with E-state index in [0.717, 1.165) is 27.8 Å². The summed E-state index contributed by atoms with van der Waals surface area (Å²) in [5, 5.41) is 13.4. The van der Waals surface area contributed by atoms with Crippen LogP contribution in [0.5, 0.6) is 0 Å². The van der Waals surface area contributed by atoms with Gasteiger partial charge in [0.1, 0.15) is 6.10 Å². The van der Waals surface area contributed by atoms with E-state index in [1.807, 2.05) is 20.1 Å². The van der Waals surface area contributed by atoms with Gasteiger partial charge in [-0.3, -0.25) is 4.79 Å². The van der Waals surface area contributed by atoms with Crippen LogP contribution in [-0.2, 0) is 17.8 Å². The molecular weight excluding hydrogens is 268 g/mol. The normalized spacial score (nSPS) is 12.4. The van der Waals surface area contributed by atoms with Crippen LogP contribution in [0.1, 0.15) is 28.9 Å². The maximum absolute atomic E-state index is 11.6. The summed E-state index contributed by atoms with van der Waals surface area (Å²) in [5.74, 6) is 0.492. The minimum atomic E-state index is -0.906. The number of aliphatic hydroxyl groups excluding tert-OH is 1. The Kier molecular flexibility index (Phi) is 6.67. The van der Waals surface area contributed by atoms with E-state index >= 15 is 0 Å². The highest BCUT2D eigenvalue weighted by Crippen LogP contribution is 2.18. The lowest BCUT2D eigenvalue weighted by atomic mass is 10.2. The van der Waals surface area contributed by atoms with Crippen molar-refractivity contribution >= 4 is 29.0 Å². The summed E-state index contributed by atoms with van der Waals surface area (Å²) in [6.45, 7) is 4.47. The Labute approximate surface area is 116 Å². The number of aromatic nitrogens is 1.